The summed E-state index contributed by atoms with van der Waals surface area (Å²) in [5.41, 5.74) is 1.21. The fourth-order valence-corrected chi connectivity index (χ4v) is 2.83. The van der Waals surface area contributed by atoms with Crippen LogP contribution in [0.15, 0.2) is 5.38 Å². The highest BCUT2D eigenvalue weighted by atomic mass is 32.1. The monoisotopic (exact) mass is 224 g/mol. The SMILES string of the molecule is Cc1nc(CNC2CCCCCC2)cs1. The highest BCUT2D eigenvalue weighted by Crippen LogP contribution is 2.17. The van der Waals surface area contributed by atoms with Gasteiger partial charge in [0.2, 0.25) is 0 Å². The maximum atomic E-state index is 4.47. The third-order valence-corrected chi connectivity index (χ3v) is 3.92. The topological polar surface area (TPSA) is 24.9 Å². The highest BCUT2D eigenvalue weighted by Gasteiger charge is 2.11. The summed E-state index contributed by atoms with van der Waals surface area (Å²) in [5, 5.41) is 6.97. The molecule has 15 heavy (non-hydrogen) atoms. The van der Waals surface area contributed by atoms with Crippen molar-refractivity contribution in [2.75, 3.05) is 0 Å². The minimum Gasteiger partial charge on any atom is -0.308 e. The number of hydrogen-bond donors (Lipinski definition) is 1. The third kappa shape index (κ3) is 3.58. The van der Waals surface area contributed by atoms with Crippen molar-refractivity contribution in [1.29, 1.82) is 0 Å². The molecule has 1 aromatic heterocycles. The number of hydrogen-bond acceptors (Lipinski definition) is 3. The molecule has 1 fully saturated rings. The summed E-state index contributed by atoms with van der Waals surface area (Å²) >= 11 is 1.74. The van der Waals surface area contributed by atoms with Gasteiger partial charge in [0.15, 0.2) is 0 Å². The number of nitrogens with zero attached hydrogens (tertiary/aromatic N) is 1. The fraction of sp³-hybridized carbons (Fsp3) is 0.750. The Hall–Kier alpha value is -0.410. The Balaban J connectivity index is 1.76. The van der Waals surface area contributed by atoms with Crippen molar-refractivity contribution in [2.24, 2.45) is 0 Å². The second-order valence-corrected chi connectivity index (χ2v) is 5.49. The van der Waals surface area contributed by atoms with Crippen LogP contribution in [0.5, 0.6) is 0 Å². The smallest absolute Gasteiger partial charge is 0.0897 e. The molecule has 84 valence electrons. The van der Waals surface area contributed by atoms with Crippen molar-refractivity contribution >= 4 is 11.3 Å². The van der Waals surface area contributed by atoms with Gasteiger partial charge in [-0.2, -0.15) is 0 Å². The zero-order valence-electron chi connectivity index (χ0n) is 9.46. The molecular weight excluding hydrogens is 204 g/mol. The lowest BCUT2D eigenvalue weighted by atomic mass is 10.1. The zero-order chi connectivity index (χ0) is 10.5. The fourth-order valence-electron chi connectivity index (χ4n) is 2.22. The summed E-state index contributed by atoms with van der Waals surface area (Å²) in [7, 11) is 0. The molecular formula is C12H20N2S. The van der Waals surface area contributed by atoms with E-state index >= 15 is 0 Å². The molecule has 1 N–H and O–H groups in total. The van der Waals surface area contributed by atoms with Crippen molar-refractivity contribution in [2.45, 2.75) is 58.0 Å². The average Bonchev–Trinajstić information content (AvgIpc) is 2.52. The molecule has 1 aliphatic rings. The highest BCUT2D eigenvalue weighted by molar-refractivity contribution is 7.09. The maximum Gasteiger partial charge on any atom is 0.0897 e. The Morgan fingerprint density at radius 1 is 1.33 bits per heavy atom. The van der Waals surface area contributed by atoms with E-state index in [9.17, 15) is 0 Å². The average molecular weight is 224 g/mol. The predicted octanol–water partition coefficient (Wildman–Crippen LogP) is 3.26. The van der Waals surface area contributed by atoms with Crippen LogP contribution >= 0.6 is 11.3 Å². The van der Waals surface area contributed by atoms with E-state index in [1.165, 1.54) is 49.2 Å². The third-order valence-electron chi connectivity index (χ3n) is 3.09. The molecule has 2 nitrogen and oxygen atoms in total. The molecule has 0 atom stereocenters. The summed E-state index contributed by atoms with van der Waals surface area (Å²) in [6.45, 7) is 3.02. The van der Waals surface area contributed by atoms with Crippen molar-refractivity contribution in [3.8, 4) is 0 Å². The van der Waals surface area contributed by atoms with Gasteiger partial charge in [0.25, 0.3) is 0 Å². The second kappa shape index (κ2) is 5.61. The van der Waals surface area contributed by atoms with E-state index in [4.69, 9.17) is 0 Å². The van der Waals surface area contributed by atoms with Crippen molar-refractivity contribution < 1.29 is 0 Å². The van der Waals surface area contributed by atoms with Crippen LogP contribution < -0.4 is 5.32 Å². The Kier molecular flexibility index (Phi) is 4.15. The summed E-state index contributed by atoms with van der Waals surface area (Å²) in [6, 6.07) is 0.731. The first-order chi connectivity index (χ1) is 7.34. The zero-order valence-corrected chi connectivity index (χ0v) is 10.3. The molecule has 0 radical (unpaired) electrons. The van der Waals surface area contributed by atoms with Crippen LogP contribution in [0.1, 0.15) is 49.2 Å². The molecule has 0 aliphatic heterocycles. The standard InChI is InChI=1S/C12H20N2S/c1-10-14-12(9-15-10)8-13-11-6-4-2-3-5-7-11/h9,11,13H,2-8H2,1H3. The number of aryl methyl sites for hydroxylation is 1. The van der Waals surface area contributed by atoms with Crippen LogP contribution in [0.2, 0.25) is 0 Å². The van der Waals surface area contributed by atoms with Crippen LogP contribution in [0.3, 0.4) is 0 Å². The lowest BCUT2D eigenvalue weighted by molar-refractivity contribution is 0.456. The normalized spacial score (nSPS) is 19.0. The van der Waals surface area contributed by atoms with E-state index in [2.05, 4.69) is 22.6 Å². The van der Waals surface area contributed by atoms with E-state index in [1.807, 2.05) is 0 Å². The Morgan fingerprint density at radius 3 is 2.67 bits per heavy atom. The molecule has 1 aliphatic carbocycles. The Morgan fingerprint density at radius 2 is 2.07 bits per heavy atom. The summed E-state index contributed by atoms with van der Waals surface area (Å²) < 4.78 is 0. The minimum absolute atomic E-state index is 0.731. The maximum absolute atomic E-state index is 4.47. The molecule has 1 heterocycles. The van der Waals surface area contributed by atoms with Crippen LogP contribution in [0.25, 0.3) is 0 Å². The molecule has 3 heteroatoms. The quantitative estimate of drug-likeness (QED) is 0.797. The predicted molar refractivity (Wildman–Crippen MR) is 65.2 cm³/mol. The van der Waals surface area contributed by atoms with Gasteiger partial charge < -0.3 is 5.32 Å². The molecule has 2 rings (SSSR count). The van der Waals surface area contributed by atoms with Gasteiger partial charge in [-0.15, -0.1) is 11.3 Å². The largest absolute Gasteiger partial charge is 0.308 e. The van der Waals surface area contributed by atoms with Crippen molar-refractivity contribution in [3.05, 3.63) is 16.1 Å². The van der Waals surface area contributed by atoms with Gasteiger partial charge in [-0.05, 0) is 19.8 Å². The molecule has 0 unspecified atom stereocenters. The minimum atomic E-state index is 0.731. The Labute approximate surface area is 96.1 Å². The first-order valence-corrected chi connectivity index (χ1v) is 6.87. The van der Waals surface area contributed by atoms with Gasteiger partial charge in [-0.25, -0.2) is 4.98 Å². The molecule has 0 bridgehead atoms. The molecule has 1 saturated carbocycles. The van der Waals surface area contributed by atoms with Crippen LogP contribution in [0.4, 0.5) is 0 Å². The van der Waals surface area contributed by atoms with Gasteiger partial charge in [-0.3, -0.25) is 0 Å². The van der Waals surface area contributed by atoms with Crippen LogP contribution in [-0.2, 0) is 6.54 Å². The molecule has 0 saturated heterocycles. The lowest BCUT2D eigenvalue weighted by Crippen LogP contribution is -2.27. The number of nitrogens with one attached hydrogen (secondary N) is 1. The van der Waals surface area contributed by atoms with E-state index in [1.54, 1.807) is 11.3 Å². The van der Waals surface area contributed by atoms with Gasteiger partial charge >= 0.3 is 0 Å². The van der Waals surface area contributed by atoms with Crippen molar-refractivity contribution in [1.82, 2.24) is 10.3 Å². The molecule has 0 amide bonds. The van der Waals surface area contributed by atoms with E-state index in [0.717, 1.165) is 12.6 Å². The van der Waals surface area contributed by atoms with Gasteiger partial charge in [-0.1, -0.05) is 25.7 Å². The van der Waals surface area contributed by atoms with E-state index < -0.39 is 0 Å². The number of rotatable bonds is 3. The van der Waals surface area contributed by atoms with Gasteiger partial charge in [0, 0.05) is 18.0 Å². The second-order valence-electron chi connectivity index (χ2n) is 4.43. The first-order valence-electron chi connectivity index (χ1n) is 5.99. The summed E-state index contributed by atoms with van der Waals surface area (Å²) in [6.07, 6.45) is 8.34. The van der Waals surface area contributed by atoms with Crippen LogP contribution in [0, 0.1) is 6.92 Å². The molecule has 1 aromatic rings. The lowest BCUT2D eigenvalue weighted by Gasteiger charge is -2.14. The van der Waals surface area contributed by atoms with E-state index in [0.29, 0.717) is 0 Å². The van der Waals surface area contributed by atoms with E-state index in [-0.39, 0.29) is 0 Å². The van der Waals surface area contributed by atoms with Crippen LogP contribution in [-0.4, -0.2) is 11.0 Å². The Bertz CT molecular complexity index is 288. The van der Waals surface area contributed by atoms with Gasteiger partial charge in [0.05, 0.1) is 10.7 Å². The van der Waals surface area contributed by atoms with Gasteiger partial charge in [0.1, 0.15) is 0 Å². The number of thiazole rings is 1. The first kappa shape index (κ1) is 11.1. The number of aromatic nitrogens is 1. The molecule has 0 aromatic carbocycles. The summed E-state index contributed by atoms with van der Waals surface area (Å²) in [5.74, 6) is 0. The van der Waals surface area contributed by atoms with Crippen molar-refractivity contribution in [3.63, 3.8) is 0 Å². The summed E-state index contributed by atoms with van der Waals surface area (Å²) in [4.78, 5) is 4.47. The molecule has 0 spiro atoms.